The lowest BCUT2D eigenvalue weighted by atomic mass is 10.1. The van der Waals surface area contributed by atoms with E-state index in [1.807, 2.05) is 6.92 Å². The van der Waals surface area contributed by atoms with Gasteiger partial charge in [-0.2, -0.15) is 0 Å². The van der Waals surface area contributed by atoms with Crippen LogP contribution in [0.25, 0.3) is 0 Å². The molecule has 0 aromatic heterocycles. The Morgan fingerprint density at radius 2 is 1.90 bits per heavy atom. The maximum absolute atomic E-state index is 12.9. The molecule has 0 spiro atoms. The third-order valence-corrected chi connectivity index (χ3v) is 3.67. The van der Waals surface area contributed by atoms with Gasteiger partial charge >= 0.3 is 0 Å². The van der Waals surface area contributed by atoms with Crippen molar-refractivity contribution in [3.05, 3.63) is 63.9 Å². The second-order valence-electron chi connectivity index (χ2n) is 4.48. The summed E-state index contributed by atoms with van der Waals surface area (Å²) in [5.74, 6) is -0.503. The molecule has 0 saturated carbocycles. The fourth-order valence-electron chi connectivity index (χ4n) is 1.78. The molecule has 0 saturated heterocycles. The van der Waals surface area contributed by atoms with Crippen LogP contribution in [0.15, 0.2) is 46.9 Å². The molecule has 20 heavy (non-hydrogen) atoms. The molecule has 1 atom stereocenters. The zero-order valence-electron chi connectivity index (χ0n) is 10.9. The van der Waals surface area contributed by atoms with Crippen LogP contribution in [0.2, 0.25) is 0 Å². The van der Waals surface area contributed by atoms with E-state index in [0.29, 0.717) is 15.7 Å². The average Bonchev–Trinajstić information content (AvgIpc) is 2.42. The molecule has 104 valence electrons. The van der Waals surface area contributed by atoms with Crippen molar-refractivity contribution in [3.8, 4) is 0 Å². The van der Waals surface area contributed by atoms with E-state index in [1.54, 1.807) is 30.3 Å². The van der Waals surface area contributed by atoms with E-state index in [4.69, 9.17) is 5.73 Å². The highest BCUT2D eigenvalue weighted by molar-refractivity contribution is 9.10. The van der Waals surface area contributed by atoms with Gasteiger partial charge in [-0.05, 0) is 58.7 Å². The van der Waals surface area contributed by atoms with Gasteiger partial charge < -0.3 is 11.1 Å². The summed E-state index contributed by atoms with van der Waals surface area (Å²) in [6.07, 6.45) is 0. The van der Waals surface area contributed by atoms with Crippen molar-refractivity contribution in [1.82, 2.24) is 5.32 Å². The van der Waals surface area contributed by atoms with Gasteiger partial charge in [0.2, 0.25) is 0 Å². The quantitative estimate of drug-likeness (QED) is 0.840. The molecule has 0 aliphatic carbocycles. The molecular formula is C15H14BrFN2O. The predicted octanol–water partition coefficient (Wildman–Crippen LogP) is 3.66. The first kappa shape index (κ1) is 14.5. The molecule has 0 unspecified atom stereocenters. The summed E-state index contributed by atoms with van der Waals surface area (Å²) in [6, 6.07) is 10.8. The minimum absolute atomic E-state index is 0.206. The molecule has 2 aromatic carbocycles. The minimum Gasteiger partial charge on any atom is -0.398 e. The van der Waals surface area contributed by atoms with Crippen LogP contribution < -0.4 is 11.1 Å². The lowest BCUT2D eigenvalue weighted by molar-refractivity contribution is 0.0940. The van der Waals surface area contributed by atoms with Crippen LogP contribution in [0, 0.1) is 5.82 Å². The Hall–Kier alpha value is -1.88. The Morgan fingerprint density at radius 1 is 1.25 bits per heavy atom. The van der Waals surface area contributed by atoms with E-state index in [1.165, 1.54) is 12.1 Å². The van der Waals surface area contributed by atoms with Crippen molar-refractivity contribution >= 4 is 27.5 Å². The fourth-order valence-corrected chi connectivity index (χ4v) is 2.16. The third kappa shape index (κ3) is 3.36. The molecule has 1 amide bonds. The van der Waals surface area contributed by atoms with Crippen molar-refractivity contribution in [1.29, 1.82) is 0 Å². The standard InChI is InChI=1S/C15H14BrFN2O/c1-9(10-2-5-12(17)6-3-10)19-15(20)11-4-7-14(18)13(16)8-11/h2-9H,18H2,1H3,(H,19,20)/t9-/m0/s1. The second-order valence-corrected chi connectivity index (χ2v) is 5.34. The number of benzene rings is 2. The van der Waals surface area contributed by atoms with E-state index in [2.05, 4.69) is 21.2 Å². The number of carbonyl (C=O) groups excluding carboxylic acids is 1. The van der Waals surface area contributed by atoms with Crippen LogP contribution in [0.1, 0.15) is 28.9 Å². The number of amides is 1. The molecule has 2 rings (SSSR count). The van der Waals surface area contributed by atoms with Crippen LogP contribution >= 0.6 is 15.9 Å². The first-order valence-electron chi connectivity index (χ1n) is 6.08. The van der Waals surface area contributed by atoms with Crippen LogP contribution in [-0.4, -0.2) is 5.91 Å². The van der Waals surface area contributed by atoms with Gasteiger partial charge in [0.05, 0.1) is 6.04 Å². The number of nitrogens with one attached hydrogen (secondary N) is 1. The average molecular weight is 337 g/mol. The number of hydrogen-bond donors (Lipinski definition) is 2. The van der Waals surface area contributed by atoms with E-state index in [-0.39, 0.29) is 17.8 Å². The van der Waals surface area contributed by atoms with Crippen LogP contribution in [0.4, 0.5) is 10.1 Å². The first-order valence-corrected chi connectivity index (χ1v) is 6.88. The molecule has 0 aliphatic rings. The van der Waals surface area contributed by atoms with Gasteiger partial charge in [0.25, 0.3) is 5.91 Å². The highest BCUT2D eigenvalue weighted by atomic mass is 79.9. The molecule has 0 radical (unpaired) electrons. The number of nitrogens with two attached hydrogens (primary N) is 1. The predicted molar refractivity (Wildman–Crippen MR) is 80.8 cm³/mol. The largest absolute Gasteiger partial charge is 0.398 e. The Labute approximate surface area is 125 Å². The lowest BCUT2D eigenvalue weighted by Gasteiger charge is -2.14. The topological polar surface area (TPSA) is 55.1 Å². The number of rotatable bonds is 3. The molecule has 2 aromatic rings. The number of carbonyl (C=O) groups is 1. The van der Waals surface area contributed by atoms with Crippen molar-refractivity contribution in [3.63, 3.8) is 0 Å². The molecule has 5 heteroatoms. The van der Waals surface area contributed by atoms with Gasteiger partial charge in [-0.25, -0.2) is 4.39 Å². The molecule has 3 N–H and O–H groups in total. The van der Waals surface area contributed by atoms with Gasteiger partial charge in [0.15, 0.2) is 0 Å². The van der Waals surface area contributed by atoms with Gasteiger partial charge in [-0.3, -0.25) is 4.79 Å². The first-order chi connectivity index (χ1) is 9.47. The second kappa shape index (κ2) is 6.05. The van der Waals surface area contributed by atoms with E-state index in [0.717, 1.165) is 5.56 Å². The Bertz CT molecular complexity index is 628. The summed E-state index contributed by atoms with van der Waals surface area (Å²) in [5.41, 5.74) is 7.61. The van der Waals surface area contributed by atoms with E-state index < -0.39 is 0 Å². The number of anilines is 1. The van der Waals surface area contributed by atoms with Crippen molar-refractivity contribution in [2.75, 3.05) is 5.73 Å². The number of hydrogen-bond acceptors (Lipinski definition) is 2. The van der Waals surface area contributed by atoms with Gasteiger partial charge in [-0.1, -0.05) is 12.1 Å². The highest BCUT2D eigenvalue weighted by Crippen LogP contribution is 2.21. The third-order valence-electron chi connectivity index (χ3n) is 2.98. The zero-order chi connectivity index (χ0) is 14.7. The molecule has 0 aliphatic heterocycles. The monoisotopic (exact) mass is 336 g/mol. The van der Waals surface area contributed by atoms with Gasteiger partial charge in [-0.15, -0.1) is 0 Å². The summed E-state index contributed by atoms with van der Waals surface area (Å²) in [7, 11) is 0. The molecule has 0 bridgehead atoms. The summed E-state index contributed by atoms with van der Waals surface area (Å²) in [6.45, 7) is 1.84. The van der Waals surface area contributed by atoms with Crippen LogP contribution in [0.5, 0.6) is 0 Å². The van der Waals surface area contributed by atoms with Gasteiger partial charge in [0.1, 0.15) is 5.82 Å². The number of nitrogen functional groups attached to an aromatic ring is 1. The summed E-state index contributed by atoms with van der Waals surface area (Å²) < 4.78 is 13.5. The Kier molecular flexibility index (Phi) is 4.39. The zero-order valence-corrected chi connectivity index (χ0v) is 12.4. The molecule has 0 fully saturated rings. The summed E-state index contributed by atoms with van der Waals surface area (Å²) in [4.78, 5) is 12.1. The smallest absolute Gasteiger partial charge is 0.251 e. The van der Waals surface area contributed by atoms with Crippen LogP contribution in [-0.2, 0) is 0 Å². The minimum atomic E-state index is -0.297. The normalized spacial score (nSPS) is 11.9. The van der Waals surface area contributed by atoms with Crippen molar-refractivity contribution in [2.24, 2.45) is 0 Å². The van der Waals surface area contributed by atoms with E-state index >= 15 is 0 Å². The lowest BCUT2D eigenvalue weighted by Crippen LogP contribution is -2.26. The van der Waals surface area contributed by atoms with Crippen molar-refractivity contribution < 1.29 is 9.18 Å². The van der Waals surface area contributed by atoms with Gasteiger partial charge in [0, 0.05) is 15.7 Å². The highest BCUT2D eigenvalue weighted by Gasteiger charge is 2.12. The van der Waals surface area contributed by atoms with E-state index in [9.17, 15) is 9.18 Å². The maximum atomic E-state index is 12.9. The summed E-state index contributed by atoms with van der Waals surface area (Å²) >= 11 is 3.29. The molecule has 0 heterocycles. The SMILES string of the molecule is C[C@H](NC(=O)c1ccc(N)c(Br)c1)c1ccc(F)cc1. The van der Waals surface area contributed by atoms with Crippen molar-refractivity contribution in [2.45, 2.75) is 13.0 Å². The Balaban J connectivity index is 2.10. The molecule has 3 nitrogen and oxygen atoms in total. The summed E-state index contributed by atoms with van der Waals surface area (Å²) in [5, 5.41) is 2.86. The fraction of sp³-hybridized carbons (Fsp3) is 0.133. The Morgan fingerprint density at radius 3 is 2.50 bits per heavy atom. The maximum Gasteiger partial charge on any atom is 0.251 e. The molecular weight excluding hydrogens is 323 g/mol. The number of halogens is 2. The van der Waals surface area contributed by atoms with Crippen LogP contribution in [0.3, 0.4) is 0 Å².